The van der Waals surface area contributed by atoms with Gasteiger partial charge in [-0.15, -0.1) is 0 Å². The maximum Gasteiger partial charge on any atom is 0.220 e. The molecule has 2 aliphatic carbocycles. The first kappa shape index (κ1) is 12.8. The van der Waals surface area contributed by atoms with Gasteiger partial charge in [0.15, 0.2) is 0 Å². The summed E-state index contributed by atoms with van der Waals surface area (Å²) in [6.07, 6.45) is 7.40. The molecule has 98 valence electrons. The third-order valence-corrected chi connectivity index (χ3v) is 4.46. The molecule has 17 heavy (non-hydrogen) atoms. The third-order valence-electron chi connectivity index (χ3n) is 4.46. The van der Waals surface area contributed by atoms with E-state index in [1.165, 1.54) is 6.42 Å². The highest BCUT2D eigenvalue weighted by Crippen LogP contribution is 2.42. The maximum absolute atomic E-state index is 11.9. The first-order chi connectivity index (χ1) is 8.15. The van der Waals surface area contributed by atoms with Gasteiger partial charge in [0.2, 0.25) is 5.91 Å². The number of hydrogen-bond acceptors (Lipinski definition) is 3. The number of carbonyl (C=O) groups is 1. The number of aliphatic hydroxyl groups is 1. The monoisotopic (exact) mass is 240 g/mol. The zero-order valence-electron chi connectivity index (χ0n) is 10.5. The molecule has 2 fully saturated rings. The molecule has 2 aliphatic rings. The predicted octanol–water partition coefficient (Wildman–Crippen LogP) is 0.925. The molecule has 0 spiro atoms. The molecule has 0 aromatic carbocycles. The Balaban J connectivity index is 1.80. The van der Waals surface area contributed by atoms with Crippen molar-refractivity contribution >= 4 is 5.91 Å². The lowest BCUT2D eigenvalue weighted by Crippen LogP contribution is -2.48. The van der Waals surface area contributed by atoms with Gasteiger partial charge in [-0.25, -0.2) is 0 Å². The van der Waals surface area contributed by atoms with E-state index in [0.717, 1.165) is 38.5 Å². The smallest absolute Gasteiger partial charge is 0.220 e. The molecule has 2 saturated carbocycles. The second kappa shape index (κ2) is 5.36. The van der Waals surface area contributed by atoms with Gasteiger partial charge in [0, 0.05) is 6.42 Å². The van der Waals surface area contributed by atoms with Gasteiger partial charge in [0.25, 0.3) is 0 Å². The van der Waals surface area contributed by atoms with E-state index in [2.05, 4.69) is 5.32 Å². The van der Waals surface area contributed by atoms with Gasteiger partial charge >= 0.3 is 0 Å². The van der Waals surface area contributed by atoms with E-state index >= 15 is 0 Å². The summed E-state index contributed by atoms with van der Waals surface area (Å²) in [5, 5.41) is 12.8. The Morgan fingerprint density at radius 2 is 2.00 bits per heavy atom. The lowest BCUT2D eigenvalue weighted by Gasteiger charge is -2.41. The quantitative estimate of drug-likeness (QED) is 0.684. The molecule has 0 unspecified atom stereocenters. The van der Waals surface area contributed by atoms with Crippen LogP contribution in [-0.4, -0.2) is 29.7 Å². The van der Waals surface area contributed by atoms with E-state index in [4.69, 9.17) is 5.73 Å². The maximum atomic E-state index is 11.9. The minimum absolute atomic E-state index is 0.0360. The molecule has 0 bridgehead atoms. The molecule has 4 N–H and O–H groups in total. The zero-order valence-corrected chi connectivity index (χ0v) is 10.5. The van der Waals surface area contributed by atoms with Crippen molar-refractivity contribution < 1.29 is 9.90 Å². The van der Waals surface area contributed by atoms with Crippen molar-refractivity contribution in [2.45, 2.75) is 63.5 Å². The van der Waals surface area contributed by atoms with Crippen LogP contribution in [0.15, 0.2) is 0 Å². The van der Waals surface area contributed by atoms with Crippen molar-refractivity contribution in [1.82, 2.24) is 5.32 Å². The van der Waals surface area contributed by atoms with Gasteiger partial charge < -0.3 is 16.2 Å². The number of nitrogens with two attached hydrogens (primary N) is 1. The van der Waals surface area contributed by atoms with Crippen LogP contribution >= 0.6 is 0 Å². The van der Waals surface area contributed by atoms with E-state index in [-0.39, 0.29) is 23.5 Å². The molecule has 1 amide bonds. The summed E-state index contributed by atoms with van der Waals surface area (Å²) in [5.74, 6) is 0.0705. The normalized spacial score (nSPS) is 31.6. The molecular formula is C13H24N2O2. The van der Waals surface area contributed by atoms with Crippen LogP contribution in [0.5, 0.6) is 0 Å². The Bertz CT molecular complexity index is 271. The Labute approximate surface area is 103 Å². The molecule has 2 rings (SSSR count). The number of rotatable bonds is 4. The lowest BCUT2D eigenvalue weighted by molar-refractivity contribution is -0.126. The summed E-state index contributed by atoms with van der Waals surface area (Å²) in [6.45, 7) is 0.605. The fraction of sp³-hybridized carbons (Fsp3) is 0.923. The van der Waals surface area contributed by atoms with Gasteiger partial charge in [0.05, 0.1) is 12.1 Å². The van der Waals surface area contributed by atoms with Crippen molar-refractivity contribution in [3.05, 3.63) is 0 Å². The van der Waals surface area contributed by atoms with Crippen LogP contribution in [0.1, 0.15) is 51.4 Å². The predicted molar refractivity (Wildman–Crippen MR) is 66.4 cm³/mol. The standard InChI is InChI=1S/C13H24N2O2/c14-9-13(6-3-7-13)8-12(17)15-10-4-1-2-5-11(10)16/h10-11,16H,1-9,14H2,(H,15,17)/t10-,11-/m0/s1. The summed E-state index contributed by atoms with van der Waals surface area (Å²) in [5.41, 5.74) is 5.81. The highest BCUT2D eigenvalue weighted by Gasteiger charge is 2.38. The van der Waals surface area contributed by atoms with E-state index in [1.54, 1.807) is 0 Å². The number of aliphatic hydroxyl groups excluding tert-OH is 1. The molecule has 0 radical (unpaired) electrons. The number of amides is 1. The second-order valence-corrected chi connectivity index (χ2v) is 5.76. The Morgan fingerprint density at radius 1 is 1.29 bits per heavy atom. The minimum Gasteiger partial charge on any atom is -0.391 e. The number of carbonyl (C=O) groups excluding carboxylic acids is 1. The van der Waals surface area contributed by atoms with Gasteiger partial charge in [0.1, 0.15) is 0 Å². The third kappa shape index (κ3) is 2.99. The molecule has 4 heteroatoms. The summed E-state index contributed by atoms with van der Waals surface area (Å²) >= 11 is 0. The second-order valence-electron chi connectivity index (χ2n) is 5.76. The molecule has 4 nitrogen and oxygen atoms in total. The minimum atomic E-state index is -0.358. The van der Waals surface area contributed by atoms with Crippen molar-refractivity contribution in [2.24, 2.45) is 11.1 Å². The fourth-order valence-corrected chi connectivity index (χ4v) is 3.01. The van der Waals surface area contributed by atoms with E-state index < -0.39 is 0 Å². The number of hydrogen-bond donors (Lipinski definition) is 3. The molecule has 2 atom stereocenters. The van der Waals surface area contributed by atoms with Gasteiger partial charge in [-0.1, -0.05) is 19.3 Å². The van der Waals surface area contributed by atoms with Crippen molar-refractivity contribution in [2.75, 3.05) is 6.54 Å². The van der Waals surface area contributed by atoms with Crippen molar-refractivity contribution in [3.63, 3.8) is 0 Å². The molecule has 0 aromatic rings. The topological polar surface area (TPSA) is 75.4 Å². The molecule has 0 heterocycles. The van der Waals surface area contributed by atoms with Crippen LogP contribution < -0.4 is 11.1 Å². The van der Waals surface area contributed by atoms with Crippen molar-refractivity contribution in [3.8, 4) is 0 Å². The SMILES string of the molecule is NCC1(CC(=O)N[C@H]2CCCC[C@@H]2O)CCC1. The van der Waals surface area contributed by atoms with Crippen molar-refractivity contribution in [1.29, 1.82) is 0 Å². The van der Waals surface area contributed by atoms with Gasteiger partial charge in [-0.2, -0.15) is 0 Å². The largest absolute Gasteiger partial charge is 0.391 e. The average molecular weight is 240 g/mol. The van der Waals surface area contributed by atoms with Crippen LogP contribution in [0.25, 0.3) is 0 Å². The molecule has 0 aromatic heterocycles. The van der Waals surface area contributed by atoms with Crippen LogP contribution in [0.3, 0.4) is 0 Å². The highest BCUT2D eigenvalue weighted by atomic mass is 16.3. The molecule has 0 saturated heterocycles. The number of nitrogens with one attached hydrogen (secondary N) is 1. The molecule has 0 aliphatic heterocycles. The van der Waals surface area contributed by atoms with Crippen LogP contribution in [0.2, 0.25) is 0 Å². The molecular weight excluding hydrogens is 216 g/mol. The lowest BCUT2D eigenvalue weighted by atomic mass is 9.66. The highest BCUT2D eigenvalue weighted by molar-refractivity contribution is 5.77. The van der Waals surface area contributed by atoms with Gasteiger partial charge in [-0.05, 0) is 37.6 Å². The zero-order chi connectivity index (χ0) is 12.3. The van der Waals surface area contributed by atoms with E-state index in [1.807, 2.05) is 0 Å². The first-order valence-corrected chi connectivity index (χ1v) is 6.83. The fourth-order valence-electron chi connectivity index (χ4n) is 3.01. The van der Waals surface area contributed by atoms with Crippen LogP contribution in [0, 0.1) is 5.41 Å². The first-order valence-electron chi connectivity index (χ1n) is 6.83. The summed E-state index contributed by atoms with van der Waals surface area (Å²) in [4.78, 5) is 11.9. The summed E-state index contributed by atoms with van der Waals surface area (Å²) in [7, 11) is 0. The van der Waals surface area contributed by atoms with Crippen LogP contribution in [-0.2, 0) is 4.79 Å². The van der Waals surface area contributed by atoms with Crippen LogP contribution in [0.4, 0.5) is 0 Å². The Morgan fingerprint density at radius 3 is 2.53 bits per heavy atom. The summed E-state index contributed by atoms with van der Waals surface area (Å²) < 4.78 is 0. The van der Waals surface area contributed by atoms with E-state index in [0.29, 0.717) is 13.0 Å². The van der Waals surface area contributed by atoms with E-state index in [9.17, 15) is 9.90 Å². The Kier molecular flexibility index (Phi) is 4.05. The summed E-state index contributed by atoms with van der Waals surface area (Å²) in [6, 6.07) is -0.0360. The Hall–Kier alpha value is -0.610. The average Bonchev–Trinajstić information content (AvgIpc) is 2.27. The van der Waals surface area contributed by atoms with Gasteiger partial charge in [-0.3, -0.25) is 4.79 Å².